The Kier molecular flexibility index (Phi) is 7.71. The van der Waals surface area contributed by atoms with Crippen molar-refractivity contribution < 1.29 is 14.3 Å². The lowest BCUT2D eigenvalue weighted by Crippen LogP contribution is -2.27. The molecule has 0 aromatic heterocycles. The van der Waals surface area contributed by atoms with Gasteiger partial charge in [-0.15, -0.1) is 6.58 Å². The Balaban J connectivity index is 1.52. The first-order valence-electron chi connectivity index (χ1n) is 9.77. The Labute approximate surface area is 187 Å². The van der Waals surface area contributed by atoms with Gasteiger partial charge in [0, 0.05) is 13.0 Å². The second-order valence-electron chi connectivity index (χ2n) is 6.90. The molecule has 3 rings (SSSR count). The Hall–Kier alpha value is -2.57. The number of thioether (sulfide) groups is 1. The van der Waals surface area contributed by atoms with E-state index in [0.717, 1.165) is 23.5 Å². The van der Waals surface area contributed by atoms with Crippen LogP contribution in [-0.4, -0.2) is 34.9 Å². The van der Waals surface area contributed by atoms with Gasteiger partial charge in [0.1, 0.15) is 15.8 Å². The van der Waals surface area contributed by atoms with Gasteiger partial charge in [-0.3, -0.25) is 9.69 Å². The molecule has 1 fully saturated rings. The van der Waals surface area contributed by atoms with E-state index in [9.17, 15) is 4.79 Å². The first kappa shape index (κ1) is 22.1. The minimum atomic E-state index is -0.0835. The Bertz CT molecular complexity index is 984. The van der Waals surface area contributed by atoms with Crippen molar-refractivity contribution in [2.45, 2.75) is 20.3 Å². The highest BCUT2D eigenvalue weighted by atomic mass is 32.2. The molecule has 2 aromatic rings. The van der Waals surface area contributed by atoms with Gasteiger partial charge in [0.2, 0.25) is 0 Å². The molecule has 4 nitrogen and oxygen atoms in total. The molecule has 0 unspecified atom stereocenters. The third-order valence-electron chi connectivity index (χ3n) is 4.71. The van der Waals surface area contributed by atoms with Gasteiger partial charge in [-0.1, -0.05) is 54.3 Å². The lowest BCUT2D eigenvalue weighted by atomic mass is 10.1. The lowest BCUT2D eigenvalue weighted by molar-refractivity contribution is -0.121. The number of hydrogen-bond donors (Lipinski definition) is 0. The highest BCUT2D eigenvalue weighted by Gasteiger charge is 2.30. The molecule has 30 heavy (non-hydrogen) atoms. The molecule has 1 aliphatic rings. The van der Waals surface area contributed by atoms with Crippen molar-refractivity contribution in [3.63, 3.8) is 0 Å². The zero-order valence-corrected chi connectivity index (χ0v) is 18.9. The Morgan fingerprint density at radius 2 is 1.90 bits per heavy atom. The molecule has 0 saturated carbocycles. The molecule has 0 bridgehead atoms. The van der Waals surface area contributed by atoms with E-state index in [1.165, 1.54) is 22.9 Å². The highest BCUT2D eigenvalue weighted by molar-refractivity contribution is 8.26. The molecule has 0 radical (unpaired) electrons. The average Bonchev–Trinajstić information content (AvgIpc) is 2.99. The smallest absolute Gasteiger partial charge is 0.266 e. The van der Waals surface area contributed by atoms with Crippen LogP contribution in [0.3, 0.4) is 0 Å². The van der Waals surface area contributed by atoms with Gasteiger partial charge < -0.3 is 9.47 Å². The van der Waals surface area contributed by atoms with E-state index in [2.05, 4.69) is 26.5 Å². The van der Waals surface area contributed by atoms with Crippen molar-refractivity contribution in [2.24, 2.45) is 0 Å². The van der Waals surface area contributed by atoms with Crippen molar-refractivity contribution in [1.82, 2.24) is 4.90 Å². The van der Waals surface area contributed by atoms with Gasteiger partial charge in [-0.05, 0) is 54.8 Å². The topological polar surface area (TPSA) is 38.8 Å². The molecule has 1 saturated heterocycles. The second-order valence-corrected chi connectivity index (χ2v) is 8.58. The van der Waals surface area contributed by atoms with Crippen molar-refractivity contribution in [2.75, 3.05) is 19.8 Å². The lowest BCUT2D eigenvalue weighted by Gasteiger charge is -2.11. The molecular weight excluding hydrogens is 414 g/mol. The van der Waals surface area contributed by atoms with E-state index in [0.29, 0.717) is 29.0 Å². The molecule has 0 aliphatic carbocycles. The van der Waals surface area contributed by atoms with Crippen LogP contribution in [0.15, 0.2) is 60.0 Å². The van der Waals surface area contributed by atoms with Crippen molar-refractivity contribution >= 4 is 40.3 Å². The maximum atomic E-state index is 12.5. The summed E-state index contributed by atoms with van der Waals surface area (Å²) in [5.74, 6) is 1.60. The molecule has 1 aliphatic heterocycles. The molecule has 0 spiro atoms. The van der Waals surface area contributed by atoms with Crippen LogP contribution in [0.1, 0.15) is 23.1 Å². The van der Waals surface area contributed by atoms with Gasteiger partial charge in [-0.25, -0.2) is 0 Å². The number of benzene rings is 2. The number of amides is 1. The number of carbonyl (C=O) groups is 1. The summed E-state index contributed by atoms with van der Waals surface area (Å²) in [6, 6.07) is 13.8. The van der Waals surface area contributed by atoms with Gasteiger partial charge in [0.15, 0.2) is 0 Å². The van der Waals surface area contributed by atoms with Gasteiger partial charge >= 0.3 is 0 Å². The SMILES string of the molecule is C=CCN1C(=O)/C(=C\c2cccc(OCCCOc3cccc(C)c3C)c2)SC1=S. The zero-order valence-electron chi connectivity index (χ0n) is 17.2. The predicted molar refractivity (Wildman–Crippen MR) is 128 cm³/mol. The quantitative estimate of drug-likeness (QED) is 0.222. The van der Waals surface area contributed by atoms with E-state index in [-0.39, 0.29) is 5.91 Å². The zero-order chi connectivity index (χ0) is 21.5. The maximum Gasteiger partial charge on any atom is 0.266 e. The van der Waals surface area contributed by atoms with E-state index in [4.69, 9.17) is 21.7 Å². The van der Waals surface area contributed by atoms with Crippen LogP contribution in [0.25, 0.3) is 6.08 Å². The van der Waals surface area contributed by atoms with Crippen LogP contribution in [0.5, 0.6) is 11.5 Å². The third kappa shape index (κ3) is 5.52. The minimum Gasteiger partial charge on any atom is -0.493 e. The molecule has 1 heterocycles. The number of nitrogens with zero attached hydrogens (tertiary/aromatic N) is 1. The number of thiocarbonyl (C=S) groups is 1. The van der Waals surface area contributed by atoms with Gasteiger partial charge in [-0.2, -0.15) is 0 Å². The number of ether oxygens (including phenoxy) is 2. The van der Waals surface area contributed by atoms with Crippen molar-refractivity contribution in [3.8, 4) is 11.5 Å². The number of aryl methyl sites for hydroxylation is 1. The Morgan fingerprint density at radius 1 is 1.13 bits per heavy atom. The summed E-state index contributed by atoms with van der Waals surface area (Å²) in [7, 11) is 0. The maximum absolute atomic E-state index is 12.5. The van der Waals surface area contributed by atoms with E-state index in [1.54, 1.807) is 11.0 Å². The predicted octanol–water partition coefficient (Wildman–Crippen LogP) is 5.54. The van der Waals surface area contributed by atoms with E-state index in [1.807, 2.05) is 42.5 Å². The monoisotopic (exact) mass is 439 g/mol. The Morgan fingerprint density at radius 3 is 2.70 bits per heavy atom. The molecule has 2 aromatic carbocycles. The standard InChI is InChI=1S/C24H25NO3S2/c1-4-12-25-23(26)22(30-24(25)29)16-19-9-6-10-20(15-19)27-13-7-14-28-21-11-5-8-17(2)18(21)3/h4-6,8-11,15-16H,1,7,12-14H2,2-3H3/b22-16+. The van der Waals surface area contributed by atoms with Crippen LogP contribution < -0.4 is 9.47 Å². The number of hydrogen-bond acceptors (Lipinski definition) is 5. The molecule has 0 N–H and O–H groups in total. The molecule has 6 heteroatoms. The summed E-state index contributed by atoms with van der Waals surface area (Å²) in [6.07, 6.45) is 4.29. The fourth-order valence-corrected chi connectivity index (χ4v) is 4.22. The van der Waals surface area contributed by atoms with Crippen LogP contribution in [0.4, 0.5) is 0 Å². The number of rotatable bonds is 9. The summed E-state index contributed by atoms with van der Waals surface area (Å²) >= 11 is 6.59. The molecule has 1 amide bonds. The highest BCUT2D eigenvalue weighted by Crippen LogP contribution is 2.32. The van der Waals surface area contributed by atoms with E-state index >= 15 is 0 Å². The summed E-state index contributed by atoms with van der Waals surface area (Å²) in [4.78, 5) is 14.6. The molecule has 0 atom stereocenters. The summed E-state index contributed by atoms with van der Waals surface area (Å²) in [5, 5.41) is 0. The third-order valence-corrected chi connectivity index (χ3v) is 6.09. The van der Waals surface area contributed by atoms with Gasteiger partial charge in [0.05, 0.1) is 18.1 Å². The van der Waals surface area contributed by atoms with Crippen LogP contribution in [-0.2, 0) is 4.79 Å². The molecular formula is C24H25NO3S2. The van der Waals surface area contributed by atoms with Crippen molar-refractivity contribution in [3.05, 3.63) is 76.7 Å². The first-order valence-corrected chi connectivity index (χ1v) is 11.0. The molecule has 156 valence electrons. The largest absolute Gasteiger partial charge is 0.493 e. The first-order chi connectivity index (χ1) is 14.5. The average molecular weight is 440 g/mol. The summed E-state index contributed by atoms with van der Waals surface area (Å²) < 4.78 is 12.3. The summed E-state index contributed by atoms with van der Waals surface area (Å²) in [6.45, 7) is 9.39. The van der Waals surface area contributed by atoms with Gasteiger partial charge in [0.25, 0.3) is 5.91 Å². The van der Waals surface area contributed by atoms with Crippen LogP contribution in [0.2, 0.25) is 0 Å². The minimum absolute atomic E-state index is 0.0835. The van der Waals surface area contributed by atoms with Crippen molar-refractivity contribution in [1.29, 1.82) is 0 Å². The van der Waals surface area contributed by atoms with Crippen LogP contribution >= 0.6 is 24.0 Å². The van der Waals surface area contributed by atoms with E-state index < -0.39 is 0 Å². The summed E-state index contributed by atoms with van der Waals surface area (Å²) in [5.41, 5.74) is 3.30. The second kappa shape index (κ2) is 10.5. The number of carbonyl (C=O) groups excluding carboxylic acids is 1. The van der Waals surface area contributed by atoms with Crippen LogP contribution in [0, 0.1) is 13.8 Å². The fraction of sp³-hybridized carbons (Fsp3) is 0.250. The normalized spacial score (nSPS) is 15.0. The fourth-order valence-electron chi connectivity index (χ4n) is 2.94.